The maximum absolute atomic E-state index is 6.20. The van der Waals surface area contributed by atoms with E-state index in [4.69, 9.17) is 5.73 Å². The minimum absolute atomic E-state index is 0.292. The molecule has 0 aromatic rings. The van der Waals surface area contributed by atoms with E-state index in [1.54, 1.807) is 0 Å². The molecule has 0 amide bonds. The van der Waals surface area contributed by atoms with Crippen molar-refractivity contribution in [3.8, 4) is 0 Å². The van der Waals surface area contributed by atoms with E-state index in [9.17, 15) is 0 Å². The molecule has 0 saturated carbocycles. The third kappa shape index (κ3) is 2.25. The first kappa shape index (κ1) is 13.3. The van der Waals surface area contributed by atoms with Gasteiger partial charge in [0.1, 0.15) is 0 Å². The van der Waals surface area contributed by atoms with Gasteiger partial charge in [0.2, 0.25) is 0 Å². The number of fused-ring (bicyclic) bond motifs is 1. The van der Waals surface area contributed by atoms with Crippen LogP contribution >= 0.6 is 0 Å². The van der Waals surface area contributed by atoms with Crippen molar-refractivity contribution in [1.82, 2.24) is 9.80 Å². The summed E-state index contributed by atoms with van der Waals surface area (Å²) in [5, 5.41) is 0. The summed E-state index contributed by atoms with van der Waals surface area (Å²) in [6.07, 6.45) is 6.61. The topological polar surface area (TPSA) is 32.5 Å². The highest BCUT2D eigenvalue weighted by Gasteiger charge is 2.50. The Labute approximate surface area is 106 Å². The molecule has 2 heterocycles. The first-order valence-corrected chi connectivity index (χ1v) is 7.47. The Hall–Kier alpha value is -0.120. The van der Waals surface area contributed by atoms with Crippen LogP contribution in [-0.4, -0.2) is 54.1 Å². The highest BCUT2D eigenvalue weighted by Crippen LogP contribution is 2.39. The summed E-state index contributed by atoms with van der Waals surface area (Å²) in [7, 11) is 0. The molecule has 2 rings (SSSR count). The zero-order valence-corrected chi connectivity index (χ0v) is 11.6. The number of likely N-dealkylation sites (N-methyl/N-ethyl adjacent to an activating group) is 1. The van der Waals surface area contributed by atoms with E-state index in [-0.39, 0.29) is 0 Å². The quantitative estimate of drug-likeness (QED) is 0.765. The molecule has 0 spiro atoms. The zero-order valence-electron chi connectivity index (χ0n) is 11.6. The van der Waals surface area contributed by atoms with Crippen LogP contribution in [0.25, 0.3) is 0 Å². The summed E-state index contributed by atoms with van der Waals surface area (Å²) < 4.78 is 0. The van der Waals surface area contributed by atoms with Crippen molar-refractivity contribution in [2.24, 2.45) is 5.73 Å². The zero-order chi connectivity index (χ0) is 12.3. The van der Waals surface area contributed by atoms with Gasteiger partial charge in [-0.2, -0.15) is 0 Å². The lowest BCUT2D eigenvalue weighted by atomic mass is 9.86. The third-order valence-electron chi connectivity index (χ3n) is 4.96. The first-order valence-electron chi connectivity index (χ1n) is 7.47. The Morgan fingerprint density at radius 2 is 2.18 bits per heavy atom. The summed E-state index contributed by atoms with van der Waals surface area (Å²) in [5.41, 5.74) is 6.50. The minimum atomic E-state index is 0.292. The first-order chi connectivity index (χ1) is 8.28. The van der Waals surface area contributed by atoms with Gasteiger partial charge >= 0.3 is 0 Å². The summed E-state index contributed by atoms with van der Waals surface area (Å²) in [6, 6.07) is 0.740. The lowest BCUT2D eigenvalue weighted by Crippen LogP contribution is -2.60. The van der Waals surface area contributed by atoms with Gasteiger partial charge in [0, 0.05) is 24.7 Å². The van der Waals surface area contributed by atoms with Crippen LogP contribution in [0.2, 0.25) is 0 Å². The van der Waals surface area contributed by atoms with E-state index in [0.29, 0.717) is 5.54 Å². The average molecular weight is 239 g/mol. The Morgan fingerprint density at radius 1 is 1.35 bits per heavy atom. The molecule has 0 aromatic carbocycles. The van der Waals surface area contributed by atoms with Gasteiger partial charge in [0.15, 0.2) is 0 Å². The standard InChI is InChI=1S/C14H29N3/c1-3-5-10-17(4-2)14(12-15)8-11-16-9-6-7-13(14)16/h13H,3-12,15H2,1-2H3. The molecule has 0 aromatic heterocycles. The predicted octanol–water partition coefficient (Wildman–Crippen LogP) is 1.67. The minimum Gasteiger partial charge on any atom is -0.329 e. The number of nitrogens with two attached hydrogens (primary N) is 1. The molecule has 100 valence electrons. The molecule has 2 unspecified atom stereocenters. The van der Waals surface area contributed by atoms with Gasteiger partial charge in [-0.25, -0.2) is 0 Å². The van der Waals surface area contributed by atoms with E-state index in [1.807, 2.05) is 0 Å². The van der Waals surface area contributed by atoms with Crippen molar-refractivity contribution in [2.75, 3.05) is 32.7 Å². The van der Waals surface area contributed by atoms with Crippen molar-refractivity contribution < 1.29 is 0 Å². The highest BCUT2D eigenvalue weighted by atomic mass is 15.3. The van der Waals surface area contributed by atoms with E-state index in [0.717, 1.165) is 19.1 Å². The van der Waals surface area contributed by atoms with Gasteiger partial charge in [-0.1, -0.05) is 20.3 Å². The lowest BCUT2D eigenvalue weighted by Gasteiger charge is -2.44. The smallest absolute Gasteiger partial charge is 0.0498 e. The number of unbranched alkanes of at least 4 members (excludes halogenated alkanes) is 1. The molecule has 0 aliphatic carbocycles. The number of nitrogens with zero attached hydrogens (tertiary/aromatic N) is 2. The summed E-state index contributed by atoms with van der Waals surface area (Å²) in [5.74, 6) is 0. The summed E-state index contributed by atoms with van der Waals surface area (Å²) >= 11 is 0. The largest absolute Gasteiger partial charge is 0.329 e. The normalized spacial score (nSPS) is 33.5. The van der Waals surface area contributed by atoms with Gasteiger partial charge in [0.05, 0.1) is 0 Å². The summed E-state index contributed by atoms with van der Waals surface area (Å²) in [4.78, 5) is 5.37. The van der Waals surface area contributed by atoms with Crippen LogP contribution in [-0.2, 0) is 0 Å². The van der Waals surface area contributed by atoms with E-state index in [2.05, 4.69) is 23.6 Å². The molecule has 2 aliphatic heterocycles. The molecular formula is C14H29N3. The van der Waals surface area contributed by atoms with Crippen LogP contribution in [0.15, 0.2) is 0 Å². The molecule has 3 heteroatoms. The summed E-state index contributed by atoms with van der Waals surface area (Å²) in [6.45, 7) is 10.4. The van der Waals surface area contributed by atoms with Crippen LogP contribution in [0.5, 0.6) is 0 Å². The maximum atomic E-state index is 6.20. The Kier molecular flexibility index (Phi) is 4.45. The fraction of sp³-hybridized carbons (Fsp3) is 1.00. The second kappa shape index (κ2) is 5.68. The van der Waals surface area contributed by atoms with Crippen LogP contribution < -0.4 is 5.73 Å². The molecule has 2 saturated heterocycles. The third-order valence-corrected chi connectivity index (χ3v) is 4.96. The van der Waals surface area contributed by atoms with Gasteiger partial charge in [-0.05, 0) is 45.3 Å². The highest BCUT2D eigenvalue weighted by molar-refractivity contribution is 5.09. The average Bonchev–Trinajstić information content (AvgIpc) is 2.93. The van der Waals surface area contributed by atoms with Gasteiger partial charge < -0.3 is 5.73 Å². The molecule has 0 radical (unpaired) electrons. The van der Waals surface area contributed by atoms with Crippen molar-refractivity contribution in [3.63, 3.8) is 0 Å². The molecule has 2 N–H and O–H groups in total. The molecular weight excluding hydrogens is 210 g/mol. The number of hydrogen-bond acceptors (Lipinski definition) is 3. The lowest BCUT2D eigenvalue weighted by molar-refractivity contribution is 0.0687. The Bertz CT molecular complexity index is 244. The second-order valence-electron chi connectivity index (χ2n) is 5.68. The van der Waals surface area contributed by atoms with Crippen LogP contribution in [0.4, 0.5) is 0 Å². The van der Waals surface area contributed by atoms with Gasteiger partial charge in [-0.3, -0.25) is 9.80 Å². The van der Waals surface area contributed by atoms with Crippen molar-refractivity contribution in [3.05, 3.63) is 0 Å². The molecule has 0 bridgehead atoms. The van der Waals surface area contributed by atoms with Crippen LogP contribution in [0.3, 0.4) is 0 Å². The molecule has 3 nitrogen and oxygen atoms in total. The van der Waals surface area contributed by atoms with Crippen molar-refractivity contribution in [2.45, 2.75) is 57.5 Å². The van der Waals surface area contributed by atoms with Crippen molar-refractivity contribution >= 4 is 0 Å². The fourth-order valence-electron chi connectivity index (χ4n) is 3.99. The van der Waals surface area contributed by atoms with E-state index in [1.165, 1.54) is 51.7 Å². The Balaban J connectivity index is 2.11. The van der Waals surface area contributed by atoms with E-state index >= 15 is 0 Å². The monoisotopic (exact) mass is 239 g/mol. The van der Waals surface area contributed by atoms with Crippen LogP contribution in [0.1, 0.15) is 46.0 Å². The van der Waals surface area contributed by atoms with Gasteiger partial charge in [-0.15, -0.1) is 0 Å². The maximum Gasteiger partial charge on any atom is 0.0498 e. The fourth-order valence-corrected chi connectivity index (χ4v) is 3.99. The Morgan fingerprint density at radius 3 is 2.82 bits per heavy atom. The molecule has 2 fully saturated rings. The SMILES string of the molecule is CCCCN(CC)C1(CN)CCN2CCCC21. The van der Waals surface area contributed by atoms with Gasteiger partial charge in [0.25, 0.3) is 0 Å². The van der Waals surface area contributed by atoms with E-state index < -0.39 is 0 Å². The van der Waals surface area contributed by atoms with Crippen LogP contribution in [0, 0.1) is 0 Å². The molecule has 2 aliphatic rings. The number of rotatable bonds is 6. The second-order valence-corrected chi connectivity index (χ2v) is 5.68. The molecule has 17 heavy (non-hydrogen) atoms. The number of hydrogen-bond donors (Lipinski definition) is 1. The predicted molar refractivity (Wildman–Crippen MR) is 73.2 cm³/mol. The molecule has 2 atom stereocenters. The van der Waals surface area contributed by atoms with Crippen molar-refractivity contribution in [1.29, 1.82) is 0 Å².